The van der Waals surface area contributed by atoms with E-state index < -0.39 is 26.5 Å². The minimum Gasteiger partial charge on any atom is -0.463 e. The quantitative estimate of drug-likeness (QED) is 0.0254. The van der Waals surface area contributed by atoms with Gasteiger partial charge in [0.1, 0.15) is 12.7 Å². The van der Waals surface area contributed by atoms with Gasteiger partial charge in [-0.1, -0.05) is 138 Å². The number of allylic oxidation sites excluding steroid dienone is 12. The van der Waals surface area contributed by atoms with Gasteiger partial charge in [0.15, 0.2) is 0 Å². The van der Waals surface area contributed by atoms with Crippen molar-refractivity contribution in [2.45, 2.75) is 148 Å². The molecule has 9 nitrogen and oxygen atoms in total. The Morgan fingerprint density at radius 1 is 0.627 bits per heavy atom. The number of hydrogen-bond donors (Lipinski definition) is 3. The summed E-state index contributed by atoms with van der Waals surface area (Å²) in [6.45, 7) is 3.34. The SMILES string of the molecule is CC/C=C\C/C=C\C/C=C\C/C=C\C/C=C\C/C=C\CCCCC(=O)OCC(O)COP(=O)(O)OCCNC(=O)CCCCCCCCCCC. The molecule has 0 fully saturated rings. The summed E-state index contributed by atoms with van der Waals surface area (Å²) in [6, 6.07) is 0. The van der Waals surface area contributed by atoms with Crippen molar-refractivity contribution >= 4 is 19.7 Å². The highest BCUT2D eigenvalue weighted by atomic mass is 31.2. The second-order valence-corrected chi connectivity index (χ2v) is 14.0. The molecular formula is C41H70NO8P. The van der Waals surface area contributed by atoms with Crippen molar-refractivity contribution in [2.24, 2.45) is 0 Å². The first-order valence-electron chi connectivity index (χ1n) is 19.4. The maximum absolute atomic E-state index is 12.0. The van der Waals surface area contributed by atoms with Crippen LogP contribution in [-0.4, -0.2) is 54.3 Å². The molecule has 0 aromatic heterocycles. The van der Waals surface area contributed by atoms with Crippen LogP contribution in [0.25, 0.3) is 0 Å². The van der Waals surface area contributed by atoms with Gasteiger partial charge in [-0.2, -0.15) is 0 Å². The zero-order chi connectivity index (χ0) is 37.5. The Hall–Kier alpha value is -2.55. The lowest BCUT2D eigenvalue weighted by Gasteiger charge is -2.15. The van der Waals surface area contributed by atoms with Crippen LogP contribution in [0.5, 0.6) is 0 Å². The van der Waals surface area contributed by atoms with Crippen LogP contribution < -0.4 is 5.32 Å². The van der Waals surface area contributed by atoms with E-state index in [2.05, 4.69) is 92.1 Å². The van der Waals surface area contributed by atoms with Crippen LogP contribution in [0.15, 0.2) is 72.9 Å². The molecule has 0 aromatic rings. The van der Waals surface area contributed by atoms with Crippen molar-refractivity contribution in [3.63, 3.8) is 0 Å². The number of nitrogens with one attached hydrogen (secondary N) is 1. The molecule has 0 aliphatic carbocycles. The van der Waals surface area contributed by atoms with E-state index >= 15 is 0 Å². The summed E-state index contributed by atoms with van der Waals surface area (Å²) in [6.07, 6.45) is 44.1. The van der Waals surface area contributed by atoms with E-state index in [1.54, 1.807) is 0 Å². The van der Waals surface area contributed by atoms with Crippen molar-refractivity contribution in [2.75, 3.05) is 26.4 Å². The number of ether oxygens (including phenoxy) is 1. The topological polar surface area (TPSA) is 131 Å². The maximum atomic E-state index is 12.0. The molecule has 292 valence electrons. The lowest BCUT2D eigenvalue weighted by molar-refractivity contribution is -0.147. The third kappa shape index (κ3) is 38.5. The normalized spacial score (nSPS) is 14.2. The van der Waals surface area contributed by atoms with Gasteiger partial charge in [-0.3, -0.25) is 18.6 Å². The first-order valence-corrected chi connectivity index (χ1v) is 20.9. The van der Waals surface area contributed by atoms with E-state index in [0.29, 0.717) is 12.8 Å². The maximum Gasteiger partial charge on any atom is 0.472 e. The lowest BCUT2D eigenvalue weighted by Crippen LogP contribution is -2.27. The first-order chi connectivity index (χ1) is 24.8. The lowest BCUT2D eigenvalue weighted by atomic mass is 10.1. The molecule has 0 aromatic carbocycles. The van der Waals surface area contributed by atoms with Gasteiger partial charge in [-0.15, -0.1) is 0 Å². The number of aliphatic hydroxyl groups excluding tert-OH is 1. The highest BCUT2D eigenvalue weighted by molar-refractivity contribution is 7.47. The zero-order valence-corrected chi connectivity index (χ0v) is 32.7. The number of carbonyl (C=O) groups is 2. The van der Waals surface area contributed by atoms with Crippen molar-refractivity contribution < 1.29 is 37.9 Å². The van der Waals surface area contributed by atoms with Gasteiger partial charge >= 0.3 is 13.8 Å². The minimum absolute atomic E-state index is 0.0738. The van der Waals surface area contributed by atoms with Gasteiger partial charge in [0.25, 0.3) is 0 Å². The number of phosphoric acid groups is 1. The number of aliphatic hydroxyl groups is 1. The summed E-state index contributed by atoms with van der Waals surface area (Å²) in [5, 5.41) is 12.6. The number of unbranched alkanes of at least 4 members (excludes halogenated alkanes) is 10. The summed E-state index contributed by atoms with van der Waals surface area (Å²) >= 11 is 0. The molecule has 2 atom stereocenters. The van der Waals surface area contributed by atoms with E-state index in [1.807, 2.05) is 0 Å². The summed E-state index contributed by atoms with van der Waals surface area (Å²) in [4.78, 5) is 33.7. The fraction of sp³-hybridized carbons (Fsp3) is 0.659. The number of phosphoric ester groups is 1. The molecule has 3 N–H and O–H groups in total. The molecule has 0 aliphatic heterocycles. The Bertz CT molecular complexity index is 1070. The molecule has 0 saturated carbocycles. The van der Waals surface area contributed by atoms with E-state index in [0.717, 1.165) is 70.6 Å². The summed E-state index contributed by atoms with van der Waals surface area (Å²) in [5.41, 5.74) is 0. The molecule has 1 amide bonds. The van der Waals surface area contributed by atoms with Gasteiger partial charge in [0.2, 0.25) is 5.91 Å². The van der Waals surface area contributed by atoms with Crippen molar-refractivity contribution in [1.82, 2.24) is 5.32 Å². The first kappa shape index (κ1) is 48.5. The molecule has 0 aliphatic rings. The fourth-order valence-corrected chi connectivity index (χ4v) is 5.49. The summed E-state index contributed by atoms with van der Waals surface area (Å²) < 4.78 is 26.7. The minimum atomic E-state index is -4.42. The Kier molecular flexibility index (Phi) is 35.4. The predicted molar refractivity (Wildman–Crippen MR) is 210 cm³/mol. The van der Waals surface area contributed by atoms with Crippen LogP contribution in [-0.2, 0) is 27.9 Å². The van der Waals surface area contributed by atoms with Crippen LogP contribution >= 0.6 is 7.82 Å². The number of esters is 1. The van der Waals surface area contributed by atoms with Gasteiger partial charge in [0.05, 0.1) is 13.2 Å². The standard InChI is InChI=1S/C41H70NO8P/c1-3-5-7-9-11-13-14-15-16-17-18-19-20-21-22-23-24-26-28-30-32-34-41(45)48-37-39(43)38-50-51(46,47)49-36-35-42-40(44)33-31-29-27-25-12-10-8-6-4-2/h5,7,11,13,15-16,18-19,21-22,24,26,39,43H,3-4,6,8-10,12,14,17,20,23,25,27-38H2,1-2H3,(H,42,44)(H,46,47)/b7-5-,13-11-,16-15-,19-18-,22-21-,26-24-. The van der Waals surface area contributed by atoms with Crippen LogP contribution in [0, 0.1) is 0 Å². The van der Waals surface area contributed by atoms with Gasteiger partial charge < -0.3 is 20.1 Å². The molecule has 0 spiro atoms. The monoisotopic (exact) mass is 735 g/mol. The number of rotatable bonds is 35. The van der Waals surface area contributed by atoms with Gasteiger partial charge in [-0.05, 0) is 64.2 Å². The summed E-state index contributed by atoms with van der Waals surface area (Å²) in [7, 11) is -4.42. The Morgan fingerprint density at radius 3 is 1.67 bits per heavy atom. The molecule has 2 unspecified atom stereocenters. The second-order valence-electron chi connectivity index (χ2n) is 12.5. The van der Waals surface area contributed by atoms with E-state index in [9.17, 15) is 24.2 Å². The molecule has 51 heavy (non-hydrogen) atoms. The van der Waals surface area contributed by atoms with E-state index in [-0.39, 0.29) is 32.1 Å². The second kappa shape index (κ2) is 37.2. The molecule has 0 rings (SSSR count). The molecular weight excluding hydrogens is 665 g/mol. The van der Waals surface area contributed by atoms with E-state index in [4.69, 9.17) is 13.8 Å². The van der Waals surface area contributed by atoms with Crippen molar-refractivity contribution in [3.8, 4) is 0 Å². The zero-order valence-electron chi connectivity index (χ0n) is 31.8. The third-order valence-corrected chi connectivity index (χ3v) is 8.64. The fourth-order valence-electron chi connectivity index (χ4n) is 4.73. The average Bonchev–Trinajstić information content (AvgIpc) is 3.11. The van der Waals surface area contributed by atoms with Crippen LogP contribution in [0.1, 0.15) is 142 Å². The summed E-state index contributed by atoms with van der Waals surface area (Å²) in [5.74, 6) is -0.570. The van der Waals surface area contributed by atoms with Crippen LogP contribution in [0.4, 0.5) is 0 Å². The molecule has 0 saturated heterocycles. The Morgan fingerprint density at radius 2 is 1.12 bits per heavy atom. The average molecular weight is 736 g/mol. The highest BCUT2D eigenvalue weighted by Gasteiger charge is 2.23. The van der Waals surface area contributed by atoms with Crippen LogP contribution in [0.2, 0.25) is 0 Å². The molecule has 10 heteroatoms. The van der Waals surface area contributed by atoms with Crippen LogP contribution in [0.3, 0.4) is 0 Å². The van der Waals surface area contributed by atoms with Gasteiger partial charge in [0, 0.05) is 19.4 Å². The molecule has 0 bridgehead atoms. The van der Waals surface area contributed by atoms with Crippen molar-refractivity contribution in [3.05, 3.63) is 72.9 Å². The number of hydrogen-bond acceptors (Lipinski definition) is 7. The molecule has 0 heterocycles. The van der Waals surface area contributed by atoms with E-state index in [1.165, 1.54) is 38.5 Å². The molecule has 0 radical (unpaired) electrons. The van der Waals surface area contributed by atoms with Crippen molar-refractivity contribution in [1.29, 1.82) is 0 Å². The Balaban J connectivity index is 3.74. The number of carbonyl (C=O) groups excluding carboxylic acids is 2. The number of amides is 1. The smallest absolute Gasteiger partial charge is 0.463 e. The van der Waals surface area contributed by atoms with Gasteiger partial charge in [-0.25, -0.2) is 4.57 Å². The third-order valence-electron chi connectivity index (χ3n) is 7.65. The Labute approximate surface area is 310 Å². The largest absolute Gasteiger partial charge is 0.472 e. The highest BCUT2D eigenvalue weighted by Crippen LogP contribution is 2.42. The predicted octanol–water partition coefficient (Wildman–Crippen LogP) is 10.3.